The minimum Gasteiger partial charge on any atom is -0.325 e. The molecule has 0 aliphatic heterocycles. The van der Waals surface area contributed by atoms with Crippen LogP contribution in [0, 0.1) is 13.8 Å². The van der Waals surface area contributed by atoms with Gasteiger partial charge in [0.25, 0.3) is 0 Å². The number of aryl methyl sites for hydroxylation is 1. The summed E-state index contributed by atoms with van der Waals surface area (Å²) >= 11 is 1.57. The molecule has 0 spiro atoms. The van der Waals surface area contributed by atoms with Gasteiger partial charge in [0, 0.05) is 17.4 Å². The first-order chi connectivity index (χ1) is 12.1. The number of nitrogens with zero attached hydrogens (tertiary/aromatic N) is 2. The molecule has 0 saturated heterocycles. The van der Waals surface area contributed by atoms with Crippen LogP contribution in [-0.2, 0) is 4.79 Å². The number of hydrogen-bond donors (Lipinski definition) is 1. The number of imidazole rings is 1. The van der Waals surface area contributed by atoms with Crippen LogP contribution in [-0.4, -0.2) is 20.7 Å². The van der Waals surface area contributed by atoms with Crippen molar-refractivity contribution >= 4 is 23.4 Å². The molecule has 5 heteroatoms. The Morgan fingerprint density at radius 1 is 1.20 bits per heavy atom. The van der Waals surface area contributed by atoms with E-state index in [0.29, 0.717) is 6.04 Å². The quantitative estimate of drug-likeness (QED) is 0.755. The van der Waals surface area contributed by atoms with Crippen molar-refractivity contribution in [2.75, 3.05) is 5.32 Å². The van der Waals surface area contributed by atoms with Crippen molar-refractivity contribution in [3.05, 3.63) is 41.7 Å². The van der Waals surface area contributed by atoms with Crippen LogP contribution in [0.15, 0.2) is 35.5 Å². The molecule has 1 aromatic heterocycles. The monoisotopic (exact) mass is 357 g/mol. The van der Waals surface area contributed by atoms with Crippen molar-refractivity contribution in [1.29, 1.82) is 0 Å². The van der Waals surface area contributed by atoms with E-state index in [4.69, 9.17) is 4.98 Å². The Morgan fingerprint density at radius 2 is 1.88 bits per heavy atom. The number of aromatic nitrogens is 2. The Hall–Kier alpha value is -1.75. The van der Waals surface area contributed by atoms with Crippen molar-refractivity contribution in [2.24, 2.45) is 0 Å². The number of anilines is 1. The Balaban J connectivity index is 1.73. The van der Waals surface area contributed by atoms with Gasteiger partial charge in [0.1, 0.15) is 0 Å². The summed E-state index contributed by atoms with van der Waals surface area (Å²) in [6.07, 6.45) is 6.34. The van der Waals surface area contributed by atoms with E-state index in [1.807, 2.05) is 37.3 Å². The molecular formula is C20H27N3OS. The third-order valence-corrected chi connectivity index (χ3v) is 6.05. The molecule has 1 fully saturated rings. The number of benzene rings is 1. The zero-order valence-electron chi connectivity index (χ0n) is 15.3. The largest absolute Gasteiger partial charge is 0.325 e. The zero-order chi connectivity index (χ0) is 17.8. The predicted molar refractivity (Wildman–Crippen MR) is 104 cm³/mol. The summed E-state index contributed by atoms with van der Waals surface area (Å²) in [7, 11) is 0. The number of rotatable bonds is 5. The Bertz CT molecular complexity index is 720. The first-order valence-electron chi connectivity index (χ1n) is 9.14. The van der Waals surface area contributed by atoms with Crippen molar-refractivity contribution in [2.45, 2.75) is 69.3 Å². The van der Waals surface area contributed by atoms with Crippen molar-refractivity contribution in [1.82, 2.24) is 9.55 Å². The molecule has 1 aromatic carbocycles. The molecule has 1 N–H and O–H groups in total. The first-order valence-corrected chi connectivity index (χ1v) is 10.0. The van der Waals surface area contributed by atoms with E-state index in [2.05, 4.69) is 23.7 Å². The lowest BCUT2D eigenvalue weighted by molar-refractivity contribution is -0.115. The Morgan fingerprint density at radius 3 is 2.56 bits per heavy atom. The average Bonchev–Trinajstić information content (AvgIpc) is 2.90. The second-order valence-electron chi connectivity index (χ2n) is 6.84. The van der Waals surface area contributed by atoms with Gasteiger partial charge in [0.2, 0.25) is 5.91 Å². The maximum absolute atomic E-state index is 12.5. The van der Waals surface area contributed by atoms with Crippen LogP contribution >= 0.6 is 11.8 Å². The topological polar surface area (TPSA) is 46.9 Å². The maximum Gasteiger partial charge on any atom is 0.237 e. The second kappa shape index (κ2) is 8.09. The fourth-order valence-corrected chi connectivity index (χ4v) is 4.50. The smallest absolute Gasteiger partial charge is 0.237 e. The molecule has 1 atom stereocenters. The summed E-state index contributed by atoms with van der Waals surface area (Å²) in [6.45, 7) is 6.16. The van der Waals surface area contributed by atoms with E-state index in [1.165, 1.54) is 37.8 Å². The molecule has 1 saturated carbocycles. The summed E-state index contributed by atoms with van der Waals surface area (Å²) in [5.74, 6) is 0.0182. The van der Waals surface area contributed by atoms with Gasteiger partial charge in [0.05, 0.1) is 10.9 Å². The van der Waals surface area contributed by atoms with Gasteiger partial charge in [0.15, 0.2) is 5.16 Å². The standard InChI is InChI=1S/C20H27N3OS/c1-14-15(2)23(18-12-8-5-9-13-18)20(21-14)25-16(3)19(24)22-17-10-6-4-7-11-17/h4,6-7,10-11,16,18H,5,8-9,12-13H2,1-3H3,(H,22,24). The predicted octanol–water partition coefficient (Wildman–Crippen LogP) is 5.12. The summed E-state index contributed by atoms with van der Waals surface area (Å²) in [4.78, 5) is 17.3. The van der Waals surface area contributed by atoms with E-state index in [-0.39, 0.29) is 11.2 Å². The van der Waals surface area contributed by atoms with Crippen LogP contribution in [0.2, 0.25) is 0 Å². The van der Waals surface area contributed by atoms with Gasteiger partial charge in [-0.15, -0.1) is 0 Å². The van der Waals surface area contributed by atoms with Gasteiger partial charge in [-0.1, -0.05) is 49.2 Å². The highest BCUT2D eigenvalue weighted by molar-refractivity contribution is 8.00. The van der Waals surface area contributed by atoms with E-state index in [0.717, 1.165) is 16.5 Å². The Labute approximate surface area is 154 Å². The van der Waals surface area contributed by atoms with E-state index in [1.54, 1.807) is 11.8 Å². The van der Waals surface area contributed by atoms with E-state index < -0.39 is 0 Å². The van der Waals surface area contributed by atoms with Crippen LogP contribution in [0.25, 0.3) is 0 Å². The van der Waals surface area contributed by atoms with Crippen LogP contribution in [0.1, 0.15) is 56.5 Å². The van der Waals surface area contributed by atoms with Crippen molar-refractivity contribution < 1.29 is 4.79 Å². The lowest BCUT2D eigenvalue weighted by atomic mass is 9.95. The number of hydrogen-bond acceptors (Lipinski definition) is 3. The van der Waals surface area contributed by atoms with Crippen molar-refractivity contribution in [3.8, 4) is 0 Å². The van der Waals surface area contributed by atoms with Gasteiger partial charge in [-0.2, -0.15) is 0 Å². The van der Waals surface area contributed by atoms with E-state index >= 15 is 0 Å². The van der Waals surface area contributed by atoms with Crippen LogP contribution < -0.4 is 5.32 Å². The Kier molecular flexibility index (Phi) is 5.84. The molecule has 1 heterocycles. The number of carbonyl (C=O) groups excluding carboxylic acids is 1. The molecule has 1 unspecified atom stereocenters. The molecule has 4 nitrogen and oxygen atoms in total. The number of amides is 1. The SMILES string of the molecule is Cc1nc(SC(C)C(=O)Nc2ccccc2)n(C2CCCCC2)c1C. The highest BCUT2D eigenvalue weighted by atomic mass is 32.2. The third kappa shape index (κ3) is 4.27. The van der Waals surface area contributed by atoms with Crippen LogP contribution in [0.3, 0.4) is 0 Å². The van der Waals surface area contributed by atoms with Gasteiger partial charge >= 0.3 is 0 Å². The lowest BCUT2D eigenvalue weighted by Gasteiger charge is -2.26. The summed E-state index contributed by atoms with van der Waals surface area (Å²) in [5, 5.41) is 3.78. The van der Waals surface area contributed by atoms with Gasteiger partial charge in [-0.3, -0.25) is 4.79 Å². The van der Waals surface area contributed by atoms with Crippen LogP contribution in [0.5, 0.6) is 0 Å². The first kappa shape index (κ1) is 18.1. The minimum atomic E-state index is -0.191. The third-order valence-electron chi connectivity index (χ3n) is 4.99. The molecular weight excluding hydrogens is 330 g/mol. The molecule has 1 aliphatic carbocycles. The molecule has 134 valence electrons. The second-order valence-corrected chi connectivity index (χ2v) is 8.15. The van der Waals surface area contributed by atoms with Crippen LogP contribution in [0.4, 0.5) is 5.69 Å². The zero-order valence-corrected chi connectivity index (χ0v) is 16.1. The van der Waals surface area contributed by atoms with E-state index in [9.17, 15) is 4.79 Å². The van der Waals surface area contributed by atoms with Gasteiger partial charge in [-0.25, -0.2) is 4.98 Å². The highest BCUT2D eigenvalue weighted by Gasteiger charge is 2.25. The normalized spacial score (nSPS) is 16.6. The molecule has 0 bridgehead atoms. The van der Waals surface area contributed by atoms with Crippen molar-refractivity contribution in [3.63, 3.8) is 0 Å². The average molecular weight is 358 g/mol. The maximum atomic E-state index is 12.5. The number of carbonyl (C=O) groups is 1. The molecule has 2 aromatic rings. The minimum absolute atomic E-state index is 0.0182. The highest BCUT2D eigenvalue weighted by Crippen LogP contribution is 2.35. The fraction of sp³-hybridized carbons (Fsp3) is 0.500. The molecule has 25 heavy (non-hydrogen) atoms. The summed E-state index contributed by atoms with van der Waals surface area (Å²) in [5.41, 5.74) is 3.15. The lowest BCUT2D eigenvalue weighted by Crippen LogP contribution is -2.23. The van der Waals surface area contributed by atoms with Gasteiger partial charge in [-0.05, 0) is 45.7 Å². The summed E-state index contributed by atoms with van der Waals surface area (Å²) in [6, 6.07) is 10.1. The molecule has 1 amide bonds. The number of para-hydroxylation sites is 1. The molecule has 3 rings (SSSR count). The van der Waals surface area contributed by atoms with Gasteiger partial charge < -0.3 is 9.88 Å². The number of thioether (sulfide) groups is 1. The molecule has 0 radical (unpaired) electrons. The molecule has 1 aliphatic rings. The number of nitrogens with one attached hydrogen (secondary N) is 1. The summed E-state index contributed by atoms with van der Waals surface area (Å²) < 4.78 is 2.38. The fourth-order valence-electron chi connectivity index (χ4n) is 3.43.